The van der Waals surface area contributed by atoms with Gasteiger partial charge in [-0.15, -0.1) is 0 Å². The van der Waals surface area contributed by atoms with Crippen molar-refractivity contribution in [2.24, 2.45) is 4.99 Å². The van der Waals surface area contributed by atoms with Crippen LogP contribution in [0.5, 0.6) is 5.75 Å². The summed E-state index contributed by atoms with van der Waals surface area (Å²) in [5.41, 5.74) is 1.91. The van der Waals surface area contributed by atoms with Crippen LogP contribution in [0.3, 0.4) is 0 Å². The van der Waals surface area contributed by atoms with Crippen LogP contribution in [0.4, 0.5) is 5.13 Å². The van der Waals surface area contributed by atoms with E-state index in [-0.39, 0.29) is 5.97 Å². The lowest BCUT2D eigenvalue weighted by atomic mass is 10.0. The van der Waals surface area contributed by atoms with Gasteiger partial charge in [0.2, 0.25) is 5.13 Å². The fourth-order valence-electron chi connectivity index (χ4n) is 4.49. The van der Waals surface area contributed by atoms with Crippen molar-refractivity contribution >= 4 is 38.9 Å². The molecule has 37 heavy (non-hydrogen) atoms. The number of aromatic nitrogens is 1. The third-order valence-electron chi connectivity index (χ3n) is 6.70. The maximum atomic E-state index is 12.2. The molecule has 1 heterocycles. The van der Waals surface area contributed by atoms with E-state index in [1.807, 2.05) is 42.5 Å². The number of carbonyl (C=O) groups is 1. The Bertz CT molecular complexity index is 1030. The van der Waals surface area contributed by atoms with Crippen LogP contribution in [-0.4, -0.2) is 17.2 Å². The van der Waals surface area contributed by atoms with Crippen LogP contribution in [0.15, 0.2) is 53.5 Å². The molecule has 0 fully saturated rings. The van der Waals surface area contributed by atoms with Crippen molar-refractivity contribution in [1.82, 2.24) is 4.98 Å². The molecule has 0 atom stereocenters. The molecule has 0 bridgehead atoms. The molecule has 0 aliphatic rings. The number of nitrogens with zero attached hydrogens (tertiary/aromatic N) is 2. The summed E-state index contributed by atoms with van der Waals surface area (Å²) in [6.07, 6.45) is 22.1. The number of carbonyl (C=O) groups excluding carboxylic acids is 1. The monoisotopic (exact) mass is 520 g/mol. The average molecular weight is 521 g/mol. The molecule has 3 aromatic rings. The number of hydrogen-bond acceptors (Lipinski definition) is 5. The molecule has 2 aromatic carbocycles. The van der Waals surface area contributed by atoms with Crippen molar-refractivity contribution in [3.63, 3.8) is 0 Å². The van der Waals surface area contributed by atoms with Gasteiger partial charge < -0.3 is 4.74 Å². The summed E-state index contributed by atoms with van der Waals surface area (Å²) < 4.78 is 6.63. The van der Waals surface area contributed by atoms with Gasteiger partial charge in [-0.3, -0.25) is 4.79 Å². The number of benzene rings is 2. The lowest BCUT2D eigenvalue weighted by Crippen LogP contribution is -2.07. The van der Waals surface area contributed by atoms with E-state index < -0.39 is 0 Å². The van der Waals surface area contributed by atoms with Gasteiger partial charge in [0.15, 0.2) is 0 Å². The maximum absolute atomic E-state index is 12.2. The summed E-state index contributed by atoms with van der Waals surface area (Å²) in [6.45, 7) is 2.28. The van der Waals surface area contributed by atoms with Gasteiger partial charge in [0.1, 0.15) is 5.75 Å². The van der Waals surface area contributed by atoms with Crippen LogP contribution in [0.1, 0.15) is 115 Å². The number of para-hydroxylation sites is 1. The second-order valence-electron chi connectivity index (χ2n) is 9.97. The van der Waals surface area contributed by atoms with Crippen molar-refractivity contribution in [3.8, 4) is 5.75 Å². The van der Waals surface area contributed by atoms with Gasteiger partial charge in [-0.05, 0) is 48.4 Å². The molecule has 200 valence electrons. The van der Waals surface area contributed by atoms with Crippen LogP contribution in [0, 0.1) is 0 Å². The van der Waals surface area contributed by atoms with Crippen molar-refractivity contribution in [3.05, 3.63) is 54.1 Å². The van der Waals surface area contributed by atoms with E-state index in [1.165, 1.54) is 83.5 Å². The Morgan fingerprint density at radius 3 is 1.95 bits per heavy atom. The summed E-state index contributed by atoms with van der Waals surface area (Å²) in [5.74, 6) is 0.439. The number of aliphatic imine (C=N–C) groups is 1. The normalized spacial score (nSPS) is 11.5. The summed E-state index contributed by atoms with van der Waals surface area (Å²) in [5, 5.41) is 0.736. The van der Waals surface area contributed by atoms with E-state index >= 15 is 0 Å². The third-order valence-corrected chi connectivity index (χ3v) is 7.65. The van der Waals surface area contributed by atoms with Crippen LogP contribution in [0.25, 0.3) is 10.2 Å². The van der Waals surface area contributed by atoms with Gasteiger partial charge in [-0.25, -0.2) is 9.98 Å². The third kappa shape index (κ3) is 12.0. The van der Waals surface area contributed by atoms with Crippen molar-refractivity contribution in [1.29, 1.82) is 0 Å². The summed E-state index contributed by atoms with van der Waals surface area (Å²) >= 11 is 1.57. The second kappa shape index (κ2) is 17.8. The molecule has 5 heteroatoms. The van der Waals surface area contributed by atoms with Crippen molar-refractivity contribution in [2.75, 3.05) is 0 Å². The van der Waals surface area contributed by atoms with Crippen LogP contribution < -0.4 is 4.74 Å². The smallest absolute Gasteiger partial charge is 0.311 e. The fraction of sp³-hybridized carbons (Fsp3) is 0.531. The van der Waals surface area contributed by atoms with Crippen LogP contribution >= 0.6 is 11.3 Å². The van der Waals surface area contributed by atoms with Gasteiger partial charge in [0.25, 0.3) is 0 Å². The summed E-state index contributed by atoms with van der Waals surface area (Å²) in [6, 6.07) is 15.5. The minimum absolute atomic E-state index is 0.148. The molecule has 0 spiro atoms. The lowest BCUT2D eigenvalue weighted by molar-refractivity contribution is -0.134. The molecule has 0 unspecified atom stereocenters. The molecule has 4 nitrogen and oxygen atoms in total. The minimum atomic E-state index is -0.148. The molecule has 0 aliphatic carbocycles. The Morgan fingerprint density at radius 2 is 1.35 bits per heavy atom. The highest BCUT2D eigenvalue weighted by atomic mass is 32.1. The first-order chi connectivity index (χ1) is 18.2. The van der Waals surface area contributed by atoms with E-state index in [0.717, 1.165) is 33.8 Å². The van der Waals surface area contributed by atoms with Gasteiger partial charge in [0, 0.05) is 12.6 Å². The zero-order valence-electron chi connectivity index (χ0n) is 22.6. The molecular formula is C32H44N2O2S. The number of ether oxygens (including phenoxy) is 1. The van der Waals surface area contributed by atoms with Crippen molar-refractivity contribution < 1.29 is 9.53 Å². The number of fused-ring (bicyclic) bond motifs is 1. The molecule has 0 amide bonds. The highest BCUT2D eigenvalue weighted by molar-refractivity contribution is 7.22. The van der Waals surface area contributed by atoms with Gasteiger partial charge in [-0.1, -0.05) is 120 Å². The van der Waals surface area contributed by atoms with E-state index in [1.54, 1.807) is 17.6 Å². The minimum Gasteiger partial charge on any atom is -0.427 e. The van der Waals surface area contributed by atoms with E-state index in [0.29, 0.717) is 12.2 Å². The highest BCUT2D eigenvalue weighted by Gasteiger charge is 2.05. The predicted octanol–water partition coefficient (Wildman–Crippen LogP) is 10.2. The highest BCUT2D eigenvalue weighted by Crippen LogP contribution is 2.27. The van der Waals surface area contributed by atoms with Crippen LogP contribution in [0.2, 0.25) is 0 Å². The van der Waals surface area contributed by atoms with Gasteiger partial charge in [0.05, 0.1) is 10.2 Å². The molecule has 0 radical (unpaired) electrons. The zero-order valence-corrected chi connectivity index (χ0v) is 23.4. The number of hydrogen-bond donors (Lipinski definition) is 0. The molecular weight excluding hydrogens is 476 g/mol. The number of thiazole rings is 1. The molecule has 3 rings (SSSR count). The van der Waals surface area contributed by atoms with Gasteiger partial charge >= 0.3 is 5.97 Å². The maximum Gasteiger partial charge on any atom is 0.311 e. The largest absolute Gasteiger partial charge is 0.427 e. The standard InChI is InChI=1S/C32H44N2O2S/c1-2-3-4-5-6-7-8-9-10-11-12-13-14-15-16-21-31(35)36-28-24-22-27(23-25-28)26-33-32-34-29-19-17-18-20-30(29)37-32/h17-20,22-26H,2-16,21H2,1H3/b33-26+. The Labute approximate surface area is 227 Å². The number of unbranched alkanes of at least 4 members (excludes halogenated alkanes) is 14. The van der Waals surface area contributed by atoms with Crippen molar-refractivity contribution in [2.45, 2.75) is 110 Å². The molecule has 0 N–H and O–H groups in total. The number of esters is 1. The lowest BCUT2D eigenvalue weighted by Gasteiger charge is -2.05. The molecule has 0 aliphatic heterocycles. The summed E-state index contributed by atoms with van der Waals surface area (Å²) in [4.78, 5) is 21.2. The van der Waals surface area contributed by atoms with Gasteiger partial charge in [-0.2, -0.15) is 0 Å². The quantitative estimate of drug-likeness (QED) is 0.0683. The Balaban J connectivity index is 1.18. The average Bonchev–Trinajstić information content (AvgIpc) is 3.33. The fourth-order valence-corrected chi connectivity index (χ4v) is 5.30. The molecule has 1 aromatic heterocycles. The topological polar surface area (TPSA) is 51.5 Å². The van der Waals surface area contributed by atoms with E-state index in [2.05, 4.69) is 23.0 Å². The Morgan fingerprint density at radius 1 is 0.784 bits per heavy atom. The first-order valence-electron chi connectivity index (χ1n) is 14.4. The Hall–Kier alpha value is -2.53. The number of rotatable bonds is 19. The van der Waals surface area contributed by atoms with E-state index in [4.69, 9.17) is 4.74 Å². The second-order valence-corrected chi connectivity index (χ2v) is 11.0. The predicted molar refractivity (Wildman–Crippen MR) is 158 cm³/mol. The van der Waals surface area contributed by atoms with E-state index in [9.17, 15) is 4.79 Å². The molecule has 0 saturated carbocycles. The zero-order chi connectivity index (χ0) is 26.0. The molecule has 0 saturated heterocycles. The Kier molecular flexibility index (Phi) is 14.0. The SMILES string of the molecule is CCCCCCCCCCCCCCCCCC(=O)Oc1ccc(/C=N/c2nc3ccccc3s2)cc1. The first kappa shape index (κ1) is 29.0. The first-order valence-corrected chi connectivity index (χ1v) is 15.3. The summed E-state index contributed by atoms with van der Waals surface area (Å²) in [7, 11) is 0. The van der Waals surface area contributed by atoms with Crippen LogP contribution in [-0.2, 0) is 4.79 Å².